The van der Waals surface area contributed by atoms with Crippen LogP contribution in [0.25, 0.3) is 0 Å². The molecule has 2 nitrogen and oxygen atoms in total. The number of nitrogens with zero attached hydrogens (tertiary/aromatic N) is 1. The van der Waals surface area contributed by atoms with Crippen LogP contribution < -0.4 is 5.32 Å². The van der Waals surface area contributed by atoms with E-state index in [2.05, 4.69) is 44.2 Å². The highest BCUT2D eigenvalue weighted by Crippen LogP contribution is 2.37. The number of hydrogen-bond donors (Lipinski definition) is 1. The van der Waals surface area contributed by atoms with Crippen LogP contribution >= 0.6 is 11.3 Å². The molecule has 0 saturated heterocycles. The Hall–Kier alpha value is -0.410. The molecule has 0 aromatic carbocycles. The lowest BCUT2D eigenvalue weighted by Gasteiger charge is -2.24. The highest BCUT2D eigenvalue weighted by atomic mass is 32.1. The molecule has 1 aliphatic carbocycles. The highest BCUT2D eigenvalue weighted by molar-refractivity contribution is 7.11. The normalized spacial score (nSPS) is 25.3. The summed E-state index contributed by atoms with van der Waals surface area (Å²) < 4.78 is 0. The molecule has 0 spiro atoms. The van der Waals surface area contributed by atoms with E-state index in [-0.39, 0.29) is 5.54 Å². The number of thiazole rings is 1. The van der Waals surface area contributed by atoms with Gasteiger partial charge in [0.2, 0.25) is 0 Å². The molecule has 0 amide bonds. The van der Waals surface area contributed by atoms with E-state index in [1.807, 2.05) is 11.3 Å². The van der Waals surface area contributed by atoms with E-state index in [9.17, 15) is 0 Å². The van der Waals surface area contributed by atoms with Gasteiger partial charge >= 0.3 is 0 Å². The molecule has 1 aliphatic rings. The Kier molecular flexibility index (Phi) is 4.44. The van der Waals surface area contributed by atoms with Gasteiger partial charge in [-0.05, 0) is 39.5 Å². The van der Waals surface area contributed by atoms with Crippen molar-refractivity contribution in [3.63, 3.8) is 0 Å². The van der Waals surface area contributed by atoms with E-state index in [4.69, 9.17) is 0 Å². The molecule has 0 bridgehead atoms. The van der Waals surface area contributed by atoms with Crippen molar-refractivity contribution in [1.29, 1.82) is 0 Å². The molecule has 1 aromatic rings. The van der Waals surface area contributed by atoms with Gasteiger partial charge in [-0.25, -0.2) is 4.98 Å². The summed E-state index contributed by atoms with van der Waals surface area (Å²) in [6, 6.07) is 0. The average Bonchev–Trinajstić information content (AvgIpc) is 2.75. The fourth-order valence-corrected chi connectivity index (χ4v) is 3.48. The highest BCUT2D eigenvalue weighted by Gasteiger charge is 2.22. The van der Waals surface area contributed by atoms with Crippen molar-refractivity contribution in [3.8, 4) is 0 Å². The van der Waals surface area contributed by atoms with Crippen LogP contribution in [-0.4, -0.2) is 10.5 Å². The molecule has 0 unspecified atom stereocenters. The van der Waals surface area contributed by atoms with Gasteiger partial charge in [-0.3, -0.25) is 0 Å². The van der Waals surface area contributed by atoms with Gasteiger partial charge in [0.25, 0.3) is 0 Å². The van der Waals surface area contributed by atoms with Crippen LogP contribution in [0.5, 0.6) is 0 Å². The van der Waals surface area contributed by atoms with Crippen molar-refractivity contribution in [2.45, 2.75) is 71.4 Å². The van der Waals surface area contributed by atoms with Gasteiger partial charge in [-0.2, -0.15) is 0 Å². The molecular formula is C15H26N2S. The first-order valence-electron chi connectivity index (χ1n) is 7.13. The molecule has 1 aromatic heterocycles. The summed E-state index contributed by atoms with van der Waals surface area (Å²) in [5, 5.41) is 4.90. The zero-order valence-electron chi connectivity index (χ0n) is 12.1. The molecule has 1 N–H and O–H groups in total. The largest absolute Gasteiger partial charge is 0.307 e. The molecule has 2 rings (SSSR count). The minimum absolute atomic E-state index is 0.185. The van der Waals surface area contributed by atoms with Crippen LogP contribution in [0.1, 0.15) is 69.2 Å². The maximum atomic E-state index is 4.64. The van der Waals surface area contributed by atoms with Gasteiger partial charge in [0, 0.05) is 29.1 Å². The summed E-state index contributed by atoms with van der Waals surface area (Å²) >= 11 is 1.91. The Morgan fingerprint density at radius 1 is 1.28 bits per heavy atom. The predicted molar refractivity (Wildman–Crippen MR) is 79.1 cm³/mol. The van der Waals surface area contributed by atoms with Gasteiger partial charge in [-0.1, -0.05) is 19.8 Å². The van der Waals surface area contributed by atoms with E-state index in [0.29, 0.717) is 0 Å². The van der Waals surface area contributed by atoms with Crippen LogP contribution in [-0.2, 0) is 6.54 Å². The van der Waals surface area contributed by atoms with Crippen molar-refractivity contribution in [2.24, 2.45) is 5.92 Å². The minimum Gasteiger partial charge on any atom is -0.307 e. The SMILES string of the molecule is CC1CCC(c2ncc(CNC(C)(C)C)s2)CC1. The van der Waals surface area contributed by atoms with E-state index in [1.54, 1.807) is 0 Å². The van der Waals surface area contributed by atoms with E-state index >= 15 is 0 Å². The number of rotatable bonds is 3. The average molecular weight is 266 g/mol. The van der Waals surface area contributed by atoms with Crippen LogP contribution in [0.4, 0.5) is 0 Å². The van der Waals surface area contributed by atoms with Crippen molar-refractivity contribution < 1.29 is 0 Å². The molecule has 18 heavy (non-hydrogen) atoms. The second-order valence-corrected chi connectivity index (χ2v) is 7.87. The molecular weight excluding hydrogens is 240 g/mol. The summed E-state index contributed by atoms with van der Waals surface area (Å²) in [5.74, 6) is 1.65. The summed E-state index contributed by atoms with van der Waals surface area (Å²) in [5.41, 5.74) is 0.185. The lowest BCUT2D eigenvalue weighted by Crippen LogP contribution is -2.34. The second-order valence-electron chi connectivity index (χ2n) is 6.73. The van der Waals surface area contributed by atoms with Crippen molar-refractivity contribution in [1.82, 2.24) is 10.3 Å². The summed E-state index contributed by atoms with van der Waals surface area (Å²) in [6.45, 7) is 9.94. The van der Waals surface area contributed by atoms with E-state index in [0.717, 1.165) is 18.4 Å². The van der Waals surface area contributed by atoms with Gasteiger partial charge in [0.15, 0.2) is 0 Å². The Morgan fingerprint density at radius 2 is 1.94 bits per heavy atom. The molecule has 0 atom stereocenters. The third-order valence-electron chi connectivity index (χ3n) is 3.73. The lowest BCUT2D eigenvalue weighted by atomic mass is 9.83. The van der Waals surface area contributed by atoms with Gasteiger partial charge in [0.05, 0.1) is 5.01 Å². The quantitative estimate of drug-likeness (QED) is 0.881. The first-order valence-corrected chi connectivity index (χ1v) is 7.95. The Labute approximate surface area is 115 Å². The Bertz CT molecular complexity index is 370. The zero-order chi connectivity index (χ0) is 13.2. The standard InChI is InChI=1S/C15H26N2S/c1-11-5-7-12(8-6-11)14-16-9-13(18-14)10-17-15(2,3)4/h9,11-12,17H,5-8,10H2,1-4H3. The van der Waals surface area contributed by atoms with Crippen LogP contribution in [0.2, 0.25) is 0 Å². The molecule has 3 heteroatoms. The van der Waals surface area contributed by atoms with E-state index < -0.39 is 0 Å². The lowest BCUT2D eigenvalue weighted by molar-refractivity contribution is 0.347. The molecule has 0 radical (unpaired) electrons. The third-order valence-corrected chi connectivity index (χ3v) is 4.89. The Balaban J connectivity index is 1.90. The first-order chi connectivity index (χ1) is 8.44. The van der Waals surface area contributed by atoms with Gasteiger partial charge < -0.3 is 5.32 Å². The molecule has 102 valence electrons. The predicted octanol–water partition coefficient (Wildman–Crippen LogP) is 4.32. The van der Waals surface area contributed by atoms with Crippen molar-refractivity contribution >= 4 is 11.3 Å². The molecule has 0 aliphatic heterocycles. The molecule has 1 heterocycles. The van der Waals surface area contributed by atoms with Gasteiger partial charge in [0.1, 0.15) is 0 Å². The first kappa shape index (κ1) is 14.0. The summed E-state index contributed by atoms with van der Waals surface area (Å²) in [4.78, 5) is 6.02. The van der Waals surface area contributed by atoms with E-state index in [1.165, 1.54) is 35.6 Å². The van der Waals surface area contributed by atoms with Crippen molar-refractivity contribution in [3.05, 3.63) is 16.1 Å². The fourth-order valence-electron chi connectivity index (χ4n) is 2.45. The van der Waals surface area contributed by atoms with Gasteiger partial charge in [-0.15, -0.1) is 11.3 Å². The maximum absolute atomic E-state index is 4.64. The minimum atomic E-state index is 0.185. The zero-order valence-corrected chi connectivity index (χ0v) is 12.9. The summed E-state index contributed by atoms with van der Waals surface area (Å²) in [6.07, 6.45) is 7.48. The number of aromatic nitrogens is 1. The van der Waals surface area contributed by atoms with Crippen LogP contribution in [0.3, 0.4) is 0 Å². The monoisotopic (exact) mass is 266 g/mol. The topological polar surface area (TPSA) is 24.9 Å². The maximum Gasteiger partial charge on any atom is 0.0959 e. The molecule has 1 saturated carbocycles. The summed E-state index contributed by atoms with van der Waals surface area (Å²) in [7, 11) is 0. The second kappa shape index (κ2) is 5.70. The third kappa shape index (κ3) is 4.06. The smallest absolute Gasteiger partial charge is 0.0959 e. The Morgan fingerprint density at radius 3 is 2.56 bits per heavy atom. The molecule has 1 fully saturated rings. The fraction of sp³-hybridized carbons (Fsp3) is 0.800. The number of nitrogens with one attached hydrogen (secondary N) is 1. The van der Waals surface area contributed by atoms with Crippen LogP contribution in [0.15, 0.2) is 6.20 Å². The van der Waals surface area contributed by atoms with Crippen LogP contribution in [0, 0.1) is 5.92 Å². The number of hydrogen-bond acceptors (Lipinski definition) is 3. The van der Waals surface area contributed by atoms with Crippen molar-refractivity contribution in [2.75, 3.05) is 0 Å².